The van der Waals surface area contributed by atoms with Crippen molar-refractivity contribution in [2.75, 3.05) is 0 Å². The maximum absolute atomic E-state index is 5.80. The fourth-order valence-electron chi connectivity index (χ4n) is 2.31. The minimum Gasteiger partial charge on any atom is -0.486 e. The minimum atomic E-state index is 0.420. The van der Waals surface area contributed by atoms with Crippen molar-refractivity contribution in [2.24, 2.45) is 0 Å². The first-order valence-electron chi connectivity index (χ1n) is 7.21. The van der Waals surface area contributed by atoms with Gasteiger partial charge in [-0.1, -0.05) is 0 Å². The van der Waals surface area contributed by atoms with Crippen molar-refractivity contribution < 1.29 is 4.74 Å². The highest BCUT2D eigenvalue weighted by molar-refractivity contribution is 7.09. The number of benzene rings is 1. The maximum Gasteiger partial charge on any atom is 0.171 e. The Hall–Kier alpha value is -2.21. The number of hydrogen-bond acceptors (Lipinski definition) is 5. The molecule has 2 aromatic heterocycles. The second-order valence-electron chi connectivity index (χ2n) is 4.97. The molecule has 5 nitrogen and oxygen atoms in total. The number of aromatic nitrogens is 4. The van der Waals surface area contributed by atoms with Crippen molar-refractivity contribution in [3.63, 3.8) is 0 Å². The largest absolute Gasteiger partial charge is 0.486 e. The SMILES string of the molecule is CCn1c(C)nnc1COc1ccc(-c2csc(C)n2)cc1. The molecule has 0 bridgehead atoms. The van der Waals surface area contributed by atoms with Crippen LogP contribution in [-0.2, 0) is 13.2 Å². The van der Waals surface area contributed by atoms with E-state index in [1.165, 1.54) is 0 Å². The molecule has 0 N–H and O–H groups in total. The van der Waals surface area contributed by atoms with Gasteiger partial charge >= 0.3 is 0 Å². The van der Waals surface area contributed by atoms with Crippen LogP contribution in [0, 0.1) is 13.8 Å². The smallest absolute Gasteiger partial charge is 0.171 e. The molecule has 0 unspecified atom stereocenters. The van der Waals surface area contributed by atoms with Gasteiger partial charge in [0.15, 0.2) is 5.82 Å². The van der Waals surface area contributed by atoms with E-state index in [2.05, 4.69) is 27.5 Å². The number of ether oxygens (including phenoxy) is 1. The Kier molecular flexibility index (Phi) is 4.20. The first-order chi connectivity index (χ1) is 10.7. The molecule has 22 heavy (non-hydrogen) atoms. The molecule has 0 saturated carbocycles. The molecule has 114 valence electrons. The van der Waals surface area contributed by atoms with Crippen LogP contribution in [0.1, 0.15) is 23.6 Å². The van der Waals surface area contributed by atoms with Crippen LogP contribution in [0.2, 0.25) is 0 Å². The molecule has 0 saturated heterocycles. The standard InChI is InChI=1S/C16H18N4OS/c1-4-20-11(2)18-19-16(20)9-21-14-7-5-13(6-8-14)15-10-22-12(3)17-15/h5-8,10H,4,9H2,1-3H3. The summed E-state index contributed by atoms with van der Waals surface area (Å²) in [4.78, 5) is 4.49. The minimum absolute atomic E-state index is 0.420. The Morgan fingerprint density at radius 1 is 1.14 bits per heavy atom. The van der Waals surface area contributed by atoms with Crippen LogP contribution in [0.4, 0.5) is 0 Å². The first kappa shape index (κ1) is 14.7. The predicted molar refractivity (Wildman–Crippen MR) is 87.1 cm³/mol. The summed E-state index contributed by atoms with van der Waals surface area (Å²) in [6.45, 7) is 7.30. The molecule has 1 aromatic carbocycles. The van der Waals surface area contributed by atoms with Crippen molar-refractivity contribution in [2.45, 2.75) is 33.9 Å². The van der Waals surface area contributed by atoms with E-state index >= 15 is 0 Å². The lowest BCUT2D eigenvalue weighted by Gasteiger charge is -2.08. The zero-order valence-electron chi connectivity index (χ0n) is 12.9. The third-order valence-electron chi connectivity index (χ3n) is 3.47. The van der Waals surface area contributed by atoms with E-state index in [1.807, 2.05) is 42.7 Å². The van der Waals surface area contributed by atoms with Gasteiger partial charge in [-0.3, -0.25) is 0 Å². The Morgan fingerprint density at radius 3 is 2.55 bits per heavy atom. The monoisotopic (exact) mass is 314 g/mol. The van der Waals surface area contributed by atoms with E-state index in [0.717, 1.165) is 40.2 Å². The van der Waals surface area contributed by atoms with Crippen LogP contribution < -0.4 is 4.74 Å². The summed E-state index contributed by atoms with van der Waals surface area (Å²) in [5.41, 5.74) is 2.11. The highest BCUT2D eigenvalue weighted by Gasteiger charge is 2.08. The molecule has 0 radical (unpaired) electrons. The van der Waals surface area contributed by atoms with Crippen molar-refractivity contribution >= 4 is 11.3 Å². The molecule has 0 amide bonds. The van der Waals surface area contributed by atoms with E-state index in [9.17, 15) is 0 Å². The lowest BCUT2D eigenvalue weighted by atomic mass is 10.2. The maximum atomic E-state index is 5.80. The van der Waals surface area contributed by atoms with Gasteiger partial charge < -0.3 is 9.30 Å². The van der Waals surface area contributed by atoms with Crippen LogP contribution in [-0.4, -0.2) is 19.7 Å². The van der Waals surface area contributed by atoms with Gasteiger partial charge in [0.2, 0.25) is 0 Å². The first-order valence-corrected chi connectivity index (χ1v) is 8.09. The second-order valence-corrected chi connectivity index (χ2v) is 6.03. The van der Waals surface area contributed by atoms with Crippen molar-refractivity contribution in [3.8, 4) is 17.0 Å². The quantitative estimate of drug-likeness (QED) is 0.722. The summed E-state index contributed by atoms with van der Waals surface area (Å²) >= 11 is 1.66. The fourth-order valence-corrected chi connectivity index (χ4v) is 2.93. The molecule has 0 atom stereocenters. The molecule has 0 aliphatic heterocycles. The summed E-state index contributed by atoms with van der Waals surface area (Å²) in [7, 11) is 0. The highest BCUT2D eigenvalue weighted by Crippen LogP contribution is 2.24. The van der Waals surface area contributed by atoms with Crippen LogP contribution in [0.3, 0.4) is 0 Å². The van der Waals surface area contributed by atoms with Gasteiger partial charge in [0, 0.05) is 17.5 Å². The molecule has 0 aliphatic carbocycles. The Balaban J connectivity index is 1.68. The molecule has 3 aromatic rings. The molecule has 0 fully saturated rings. The van der Waals surface area contributed by atoms with E-state index in [1.54, 1.807) is 11.3 Å². The molecular formula is C16H18N4OS. The Morgan fingerprint density at radius 2 is 1.91 bits per heavy atom. The number of thiazole rings is 1. The van der Waals surface area contributed by atoms with Gasteiger partial charge in [-0.2, -0.15) is 0 Å². The Bertz CT molecular complexity index is 761. The third-order valence-corrected chi connectivity index (χ3v) is 4.24. The highest BCUT2D eigenvalue weighted by atomic mass is 32.1. The molecule has 6 heteroatoms. The van der Waals surface area contributed by atoms with Gasteiger partial charge in [-0.25, -0.2) is 4.98 Å². The number of hydrogen-bond donors (Lipinski definition) is 0. The van der Waals surface area contributed by atoms with Crippen LogP contribution in [0.5, 0.6) is 5.75 Å². The van der Waals surface area contributed by atoms with Crippen molar-refractivity contribution in [1.82, 2.24) is 19.7 Å². The van der Waals surface area contributed by atoms with Gasteiger partial charge in [0.1, 0.15) is 18.2 Å². The summed E-state index contributed by atoms with van der Waals surface area (Å²) in [6.07, 6.45) is 0. The topological polar surface area (TPSA) is 52.8 Å². The zero-order valence-corrected chi connectivity index (χ0v) is 13.7. The normalized spacial score (nSPS) is 10.9. The molecular weight excluding hydrogens is 296 g/mol. The predicted octanol–water partition coefficient (Wildman–Crippen LogP) is 3.62. The molecule has 0 aliphatic rings. The number of aryl methyl sites for hydroxylation is 2. The summed E-state index contributed by atoms with van der Waals surface area (Å²) in [5, 5.41) is 11.4. The molecule has 0 spiro atoms. The van der Waals surface area contributed by atoms with Crippen molar-refractivity contribution in [3.05, 3.63) is 46.3 Å². The summed E-state index contributed by atoms with van der Waals surface area (Å²) < 4.78 is 7.85. The molecule has 3 rings (SSSR count). The van der Waals surface area contributed by atoms with E-state index < -0.39 is 0 Å². The second kappa shape index (κ2) is 6.27. The summed E-state index contributed by atoms with van der Waals surface area (Å²) in [5.74, 6) is 2.58. The average Bonchev–Trinajstić information content (AvgIpc) is 3.11. The van der Waals surface area contributed by atoms with E-state index in [-0.39, 0.29) is 0 Å². The number of nitrogens with zero attached hydrogens (tertiary/aromatic N) is 4. The number of rotatable bonds is 5. The van der Waals surface area contributed by atoms with Gasteiger partial charge in [-0.15, -0.1) is 21.5 Å². The van der Waals surface area contributed by atoms with Gasteiger partial charge in [0.25, 0.3) is 0 Å². The van der Waals surface area contributed by atoms with Crippen LogP contribution >= 0.6 is 11.3 Å². The third kappa shape index (κ3) is 3.01. The van der Waals surface area contributed by atoms with Crippen molar-refractivity contribution in [1.29, 1.82) is 0 Å². The van der Waals surface area contributed by atoms with E-state index in [4.69, 9.17) is 4.74 Å². The van der Waals surface area contributed by atoms with Gasteiger partial charge in [-0.05, 0) is 45.0 Å². The zero-order chi connectivity index (χ0) is 15.5. The Labute approximate surface area is 133 Å². The van der Waals surface area contributed by atoms with Gasteiger partial charge in [0.05, 0.1) is 10.7 Å². The fraction of sp³-hybridized carbons (Fsp3) is 0.312. The lowest BCUT2D eigenvalue weighted by Crippen LogP contribution is -2.07. The lowest BCUT2D eigenvalue weighted by molar-refractivity contribution is 0.289. The van der Waals surface area contributed by atoms with Crippen LogP contribution in [0.25, 0.3) is 11.3 Å². The summed E-state index contributed by atoms with van der Waals surface area (Å²) in [6, 6.07) is 7.98. The molecule has 2 heterocycles. The average molecular weight is 314 g/mol. The van der Waals surface area contributed by atoms with Crippen LogP contribution in [0.15, 0.2) is 29.6 Å². The van der Waals surface area contributed by atoms with E-state index in [0.29, 0.717) is 6.61 Å².